The lowest BCUT2D eigenvalue weighted by Crippen LogP contribution is -2.51. The summed E-state index contributed by atoms with van der Waals surface area (Å²) in [4.78, 5) is 27.9. The van der Waals surface area contributed by atoms with E-state index in [0.29, 0.717) is 23.7 Å². The molecule has 0 unspecified atom stereocenters. The number of hydrogen-bond donors (Lipinski definition) is 1. The number of nitrogens with one attached hydrogen (secondary N) is 1. The molecule has 0 heterocycles. The van der Waals surface area contributed by atoms with Crippen LogP contribution >= 0.6 is 23.4 Å². The molecule has 0 saturated heterocycles. The number of carbonyl (C=O) groups is 2. The first kappa shape index (κ1) is 25.3. The molecule has 2 aromatic rings. The van der Waals surface area contributed by atoms with Crippen molar-refractivity contribution in [2.75, 3.05) is 5.75 Å². The van der Waals surface area contributed by atoms with Crippen molar-refractivity contribution in [3.63, 3.8) is 0 Å². The molecule has 0 aromatic heterocycles. The molecule has 0 saturated carbocycles. The van der Waals surface area contributed by atoms with E-state index >= 15 is 0 Å². The van der Waals surface area contributed by atoms with Crippen molar-refractivity contribution >= 4 is 35.2 Å². The Morgan fingerprint density at radius 2 is 1.61 bits per heavy atom. The number of thioether (sulfide) groups is 1. The van der Waals surface area contributed by atoms with Gasteiger partial charge >= 0.3 is 0 Å². The van der Waals surface area contributed by atoms with Crippen LogP contribution in [-0.2, 0) is 21.9 Å². The monoisotopic (exact) mass is 460 g/mol. The summed E-state index contributed by atoms with van der Waals surface area (Å²) in [6, 6.07) is 15.4. The maximum atomic E-state index is 13.2. The molecule has 31 heavy (non-hydrogen) atoms. The molecule has 0 spiro atoms. The highest BCUT2D eigenvalue weighted by Gasteiger charge is 2.29. The summed E-state index contributed by atoms with van der Waals surface area (Å²) in [5.41, 5.74) is 3.31. The molecule has 2 atom stereocenters. The van der Waals surface area contributed by atoms with Gasteiger partial charge in [-0.2, -0.15) is 0 Å². The molecule has 0 aliphatic heterocycles. The quantitative estimate of drug-likeness (QED) is 0.474. The Hall–Kier alpha value is -1.98. The smallest absolute Gasteiger partial charge is 0.243 e. The number of rotatable bonds is 11. The van der Waals surface area contributed by atoms with E-state index in [1.165, 1.54) is 5.56 Å². The third-order valence-electron chi connectivity index (χ3n) is 5.27. The maximum absolute atomic E-state index is 13.2. The van der Waals surface area contributed by atoms with Crippen LogP contribution in [0.25, 0.3) is 0 Å². The number of carbonyl (C=O) groups excluding carboxylic acids is 2. The molecule has 6 heteroatoms. The first-order chi connectivity index (χ1) is 14.8. The normalized spacial score (nSPS) is 12.8. The third kappa shape index (κ3) is 8.23. The van der Waals surface area contributed by atoms with Gasteiger partial charge in [0, 0.05) is 23.4 Å². The number of nitrogens with zero attached hydrogens (tertiary/aromatic N) is 1. The van der Waals surface area contributed by atoms with Crippen LogP contribution in [0.5, 0.6) is 0 Å². The summed E-state index contributed by atoms with van der Waals surface area (Å²) in [5.74, 6) is 0.935. The van der Waals surface area contributed by atoms with Crippen molar-refractivity contribution < 1.29 is 9.59 Å². The zero-order valence-electron chi connectivity index (χ0n) is 18.9. The molecule has 168 valence electrons. The number of amides is 2. The van der Waals surface area contributed by atoms with Crippen molar-refractivity contribution in [2.24, 2.45) is 0 Å². The van der Waals surface area contributed by atoms with Gasteiger partial charge in [-0.25, -0.2) is 0 Å². The van der Waals surface area contributed by atoms with Crippen molar-refractivity contribution in [1.82, 2.24) is 10.2 Å². The minimum Gasteiger partial charge on any atom is -0.352 e. The SMILES string of the molecule is CC[C@@H](C)NC(=O)[C@H](CC)N(Cc1ccc(C)cc1)C(=O)CSCc1ccc(Cl)cc1. The van der Waals surface area contributed by atoms with E-state index in [0.717, 1.165) is 23.3 Å². The van der Waals surface area contributed by atoms with Gasteiger partial charge in [0.1, 0.15) is 6.04 Å². The van der Waals surface area contributed by atoms with Gasteiger partial charge in [-0.1, -0.05) is 67.4 Å². The molecule has 1 N–H and O–H groups in total. The minimum absolute atomic E-state index is 0.0225. The molecule has 0 radical (unpaired) electrons. The molecular formula is C25H33ClN2O2S. The minimum atomic E-state index is -0.487. The maximum Gasteiger partial charge on any atom is 0.243 e. The average molecular weight is 461 g/mol. The molecule has 2 amide bonds. The largest absolute Gasteiger partial charge is 0.352 e. The summed E-state index contributed by atoms with van der Waals surface area (Å²) in [5, 5.41) is 3.75. The van der Waals surface area contributed by atoms with E-state index in [1.807, 2.05) is 76.2 Å². The number of aryl methyl sites for hydroxylation is 1. The second kappa shape index (κ2) is 12.8. The number of benzene rings is 2. The van der Waals surface area contributed by atoms with Gasteiger partial charge in [0.05, 0.1) is 5.75 Å². The van der Waals surface area contributed by atoms with Gasteiger partial charge in [0.25, 0.3) is 0 Å². The predicted molar refractivity (Wildman–Crippen MR) is 131 cm³/mol. The van der Waals surface area contributed by atoms with E-state index in [4.69, 9.17) is 11.6 Å². The van der Waals surface area contributed by atoms with Crippen LogP contribution in [0.4, 0.5) is 0 Å². The van der Waals surface area contributed by atoms with Gasteiger partial charge in [0.15, 0.2) is 0 Å². The van der Waals surface area contributed by atoms with Gasteiger partial charge in [-0.3, -0.25) is 9.59 Å². The molecule has 4 nitrogen and oxygen atoms in total. The highest BCUT2D eigenvalue weighted by Crippen LogP contribution is 2.19. The fraction of sp³-hybridized carbons (Fsp3) is 0.440. The Labute approximate surface area is 195 Å². The Bertz CT molecular complexity index is 840. The zero-order chi connectivity index (χ0) is 22.8. The standard InChI is InChI=1S/C25H33ClN2O2S/c1-5-19(4)27-25(30)23(6-2)28(15-20-9-7-18(3)8-10-20)24(29)17-31-16-21-11-13-22(26)14-12-21/h7-14,19,23H,5-6,15-17H2,1-4H3,(H,27,30)/t19-,23+/m1/s1. The van der Waals surface area contributed by atoms with Crippen molar-refractivity contribution in [3.05, 3.63) is 70.2 Å². The van der Waals surface area contributed by atoms with Crippen molar-refractivity contribution in [2.45, 2.75) is 64.9 Å². The lowest BCUT2D eigenvalue weighted by Gasteiger charge is -2.31. The van der Waals surface area contributed by atoms with E-state index in [2.05, 4.69) is 5.32 Å². The third-order valence-corrected chi connectivity index (χ3v) is 6.51. The molecule has 0 fully saturated rings. The topological polar surface area (TPSA) is 49.4 Å². The van der Waals surface area contributed by atoms with E-state index < -0.39 is 6.04 Å². The molecule has 2 aromatic carbocycles. The zero-order valence-corrected chi connectivity index (χ0v) is 20.4. The molecule has 0 aliphatic carbocycles. The Morgan fingerprint density at radius 1 is 1.00 bits per heavy atom. The summed E-state index contributed by atoms with van der Waals surface area (Å²) in [7, 11) is 0. The van der Waals surface area contributed by atoms with Crippen LogP contribution in [0.2, 0.25) is 5.02 Å². The van der Waals surface area contributed by atoms with Gasteiger partial charge in [-0.15, -0.1) is 11.8 Å². The summed E-state index contributed by atoms with van der Waals surface area (Å²) < 4.78 is 0. The predicted octanol–water partition coefficient (Wildman–Crippen LogP) is 5.60. The van der Waals surface area contributed by atoms with Gasteiger partial charge < -0.3 is 10.2 Å². The van der Waals surface area contributed by atoms with E-state index in [9.17, 15) is 9.59 Å². The average Bonchev–Trinajstić information content (AvgIpc) is 2.76. The highest BCUT2D eigenvalue weighted by molar-refractivity contribution is 7.99. The van der Waals surface area contributed by atoms with Crippen LogP contribution < -0.4 is 5.32 Å². The first-order valence-corrected chi connectivity index (χ1v) is 12.3. The van der Waals surface area contributed by atoms with E-state index in [-0.39, 0.29) is 17.9 Å². The Balaban J connectivity index is 2.12. The fourth-order valence-corrected chi connectivity index (χ4v) is 4.17. The van der Waals surface area contributed by atoms with Crippen LogP contribution in [0.3, 0.4) is 0 Å². The fourth-order valence-electron chi connectivity index (χ4n) is 3.17. The van der Waals surface area contributed by atoms with Crippen molar-refractivity contribution in [3.8, 4) is 0 Å². The van der Waals surface area contributed by atoms with Gasteiger partial charge in [0.2, 0.25) is 11.8 Å². The van der Waals surface area contributed by atoms with Gasteiger partial charge in [-0.05, 0) is 49.9 Å². The van der Waals surface area contributed by atoms with Crippen LogP contribution in [0.1, 0.15) is 50.3 Å². The summed E-state index contributed by atoms with van der Waals surface area (Å²) in [6.07, 6.45) is 1.42. The van der Waals surface area contributed by atoms with Crippen LogP contribution in [-0.4, -0.2) is 34.6 Å². The van der Waals surface area contributed by atoms with Crippen LogP contribution in [0.15, 0.2) is 48.5 Å². The molecular weight excluding hydrogens is 428 g/mol. The highest BCUT2D eigenvalue weighted by atomic mass is 35.5. The lowest BCUT2D eigenvalue weighted by molar-refractivity contribution is -0.139. The van der Waals surface area contributed by atoms with E-state index in [1.54, 1.807) is 16.7 Å². The van der Waals surface area contributed by atoms with Crippen LogP contribution in [0, 0.1) is 6.92 Å². The lowest BCUT2D eigenvalue weighted by atomic mass is 10.1. The van der Waals surface area contributed by atoms with Crippen molar-refractivity contribution in [1.29, 1.82) is 0 Å². The Morgan fingerprint density at radius 3 is 2.19 bits per heavy atom. The second-order valence-electron chi connectivity index (χ2n) is 7.87. The molecule has 0 bridgehead atoms. The Kier molecular flexibility index (Phi) is 10.4. The second-order valence-corrected chi connectivity index (χ2v) is 9.29. The molecule has 0 aliphatic rings. The summed E-state index contributed by atoms with van der Waals surface area (Å²) >= 11 is 7.50. The number of hydrogen-bond acceptors (Lipinski definition) is 3. The first-order valence-electron chi connectivity index (χ1n) is 10.8. The summed E-state index contributed by atoms with van der Waals surface area (Å²) in [6.45, 7) is 8.44. The number of halogens is 1. The molecule has 2 rings (SSSR count).